The lowest BCUT2D eigenvalue weighted by Crippen LogP contribution is -2.48. The highest BCUT2D eigenvalue weighted by molar-refractivity contribution is 6.31. The van der Waals surface area contributed by atoms with Crippen molar-refractivity contribution in [2.45, 2.75) is 45.4 Å². The Morgan fingerprint density at radius 2 is 1.68 bits per heavy atom. The van der Waals surface area contributed by atoms with Crippen molar-refractivity contribution in [1.82, 2.24) is 9.80 Å². The van der Waals surface area contributed by atoms with E-state index in [-0.39, 0.29) is 17.2 Å². The number of amides is 2. The Balaban J connectivity index is 1.46. The second-order valence-corrected chi connectivity index (χ2v) is 10.5. The number of halogens is 2. The van der Waals surface area contributed by atoms with E-state index in [2.05, 4.69) is 0 Å². The lowest BCUT2D eigenvalue weighted by Gasteiger charge is -2.42. The van der Waals surface area contributed by atoms with E-state index in [1.54, 1.807) is 24.3 Å². The number of likely N-dealkylation sites (tertiary alicyclic amines) is 2. The van der Waals surface area contributed by atoms with E-state index in [4.69, 9.17) is 27.9 Å². The molecule has 2 aliphatic heterocycles. The highest BCUT2D eigenvalue weighted by Gasteiger charge is 2.40. The Morgan fingerprint density at radius 3 is 2.35 bits per heavy atom. The van der Waals surface area contributed by atoms with Crippen LogP contribution in [0.15, 0.2) is 42.5 Å². The fourth-order valence-corrected chi connectivity index (χ4v) is 5.19. The Labute approximate surface area is 212 Å². The molecule has 0 spiro atoms. The number of carbonyl (C=O) groups excluding carboxylic acids is 2. The van der Waals surface area contributed by atoms with Gasteiger partial charge in [-0.1, -0.05) is 29.3 Å². The first-order chi connectivity index (χ1) is 16.3. The van der Waals surface area contributed by atoms with Crippen LogP contribution in [-0.4, -0.2) is 54.4 Å². The van der Waals surface area contributed by atoms with Crippen molar-refractivity contribution in [3.05, 3.63) is 63.6 Å². The molecule has 2 amide bonds. The van der Waals surface area contributed by atoms with Gasteiger partial charge < -0.3 is 14.5 Å². The third-order valence-electron chi connectivity index (χ3n) is 7.09. The molecule has 0 radical (unpaired) electrons. The Kier molecular flexibility index (Phi) is 8.05. The molecule has 2 aliphatic rings. The van der Waals surface area contributed by atoms with Gasteiger partial charge in [0.05, 0.1) is 6.61 Å². The van der Waals surface area contributed by atoms with Gasteiger partial charge in [0, 0.05) is 53.6 Å². The Hall–Kier alpha value is -2.24. The standard InChI is InChI=1S/C27H32Cl2N2O3/c1-20-16-23(8-9-24(20)29)34-19-27(18-25(32)30-12-3-2-4-13-30)10-14-31(15-11-27)26(33)21-6-5-7-22(28)17-21/h5-9,16-17H,2-4,10-15,18-19H2,1H3. The Morgan fingerprint density at radius 1 is 0.941 bits per heavy atom. The quantitative estimate of drug-likeness (QED) is 0.486. The molecule has 0 aromatic heterocycles. The minimum atomic E-state index is -0.312. The van der Waals surface area contributed by atoms with E-state index in [1.165, 1.54) is 6.42 Å². The first-order valence-corrected chi connectivity index (χ1v) is 12.8. The van der Waals surface area contributed by atoms with Gasteiger partial charge >= 0.3 is 0 Å². The summed E-state index contributed by atoms with van der Waals surface area (Å²) >= 11 is 12.3. The summed E-state index contributed by atoms with van der Waals surface area (Å²) in [6.45, 7) is 5.23. The van der Waals surface area contributed by atoms with Gasteiger partial charge in [-0.15, -0.1) is 0 Å². The van der Waals surface area contributed by atoms with Gasteiger partial charge in [-0.25, -0.2) is 0 Å². The summed E-state index contributed by atoms with van der Waals surface area (Å²) in [4.78, 5) is 30.1. The summed E-state index contributed by atoms with van der Waals surface area (Å²) in [6, 6.07) is 12.7. The molecule has 0 saturated carbocycles. The topological polar surface area (TPSA) is 49.9 Å². The van der Waals surface area contributed by atoms with Crippen molar-refractivity contribution < 1.29 is 14.3 Å². The van der Waals surface area contributed by atoms with Crippen LogP contribution >= 0.6 is 23.2 Å². The zero-order valence-corrected chi connectivity index (χ0v) is 21.2. The Bertz CT molecular complexity index is 1030. The molecule has 2 aromatic rings. The highest BCUT2D eigenvalue weighted by atomic mass is 35.5. The van der Waals surface area contributed by atoms with E-state index in [9.17, 15) is 9.59 Å². The molecule has 5 nitrogen and oxygen atoms in total. The van der Waals surface area contributed by atoms with Crippen LogP contribution in [0.25, 0.3) is 0 Å². The largest absolute Gasteiger partial charge is 0.493 e. The molecule has 4 rings (SSSR count). The van der Waals surface area contributed by atoms with Crippen LogP contribution in [0.4, 0.5) is 0 Å². The number of benzene rings is 2. The van der Waals surface area contributed by atoms with Crippen LogP contribution in [-0.2, 0) is 4.79 Å². The van der Waals surface area contributed by atoms with Crippen LogP contribution in [0.3, 0.4) is 0 Å². The number of ether oxygens (including phenoxy) is 1. The molecule has 0 bridgehead atoms. The second kappa shape index (κ2) is 11.0. The van der Waals surface area contributed by atoms with Gasteiger partial charge in [-0.05, 0) is 81.0 Å². The predicted octanol–water partition coefficient (Wildman–Crippen LogP) is 6.01. The fourth-order valence-electron chi connectivity index (χ4n) is 4.88. The number of carbonyl (C=O) groups is 2. The van der Waals surface area contributed by atoms with E-state index in [0.717, 1.165) is 37.2 Å². The molecule has 2 fully saturated rings. The molecule has 0 unspecified atom stereocenters. The van der Waals surface area contributed by atoms with Gasteiger partial charge in [-0.3, -0.25) is 9.59 Å². The zero-order chi connectivity index (χ0) is 24.1. The van der Waals surface area contributed by atoms with Crippen molar-refractivity contribution in [2.24, 2.45) is 5.41 Å². The lowest BCUT2D eigenvalue weighted by atomic mass is 9.75. The van der Waals surface area contributed by atoms with E-state index in [0.29, 0.717) is 54.6 Å². The second-order valence-electron chi connectivity index (χ2n) is 9.62. The summed E-state index contributed by atoms with van der Waals surface area (Å²) in [5.41, 5.74) is 1.24. The smallest absolute Gasteiger partial charge is 0.253 e. The first-order valence-electron chi connectivity index (χ1n) is 12.1. The van der Waals surface area contributed by atoms with Crippen molar-refractivity contribution in [3.63, 3.8) is 0 Å². The third kappa shape index (κ3) is 6.05. The number of nitrogens with zero attached hydrogens (tertiary/aromatic N) is 2. The maximum atomic E-state index is 13.2. The van der Waals surface area contributed by atoms with Gasteiger partial charge in [0.1, 0.15) is 5.75 Å². The maximum absolute atomic E-state index is 13.2. The van der Waals surface area contributed by atoms with Crippen molar-refractivity contribution in [1.29, 1.82) is 0 Å². The molecule has 2 saturated heterocycles. The molecule has 0 atom stereocenters. The monoisotopic (exact) mass is 502 g/mol. The van der Waals surface area contributed by atoms with Crippen molar-refractivity contribution in [2.75, 3.05) is 32.8 Å². The molecule has 2 heterocycles. The van der Waals surface area contributed by atoms with E-state index in [1.807, 2.05) is 34.9 Å². The lowest BCUT2D eigenvalue weighted by molar-refractivity contribution is -0.136. The number of hydrogen-bond donors (Lipinski definition) is 0. The summed E-state index contributed by atoms with van der Waals surface area (Å²) < 4.78 is 6.22. The molecular formula is C27H32Cl2N2O3. The summed E-state index contributed by atoms with van der Waals surface area (Å²) in [6.07, 6.45) is 5.20. The number of piperidine rings is 2. The summed E-state index contributed by atoms with van der Waals surface area (Å²) in [7, 11) is 0. The van der Waals surface area contributed by atoms with Crippen LogP contribution in [0.1, 0.15) is 54.4 Å². The third-order valence-corrected chi connectivity index (χ3v) is 7.75. The molecule has 182 valence electrons. The summed E-state index contributed by atoms with van der Waals surface area (Å²) in [5.74, 6) is 0.932. The normalized spacial score (nSPS) is 18.0. The van der Waals surface area contributed by atoms with Crippen LogP contribution in [0.5, 0.6) is 5.75 Å². The molecular weight excluding hydrogens is 471 g/mol. The summed E-state index contributed by atoms with van der Waals surface area (Å²) in [5, 5.41) is 1.26. The maximum Gasteiger partial charge on any atom is 0.253 e. The zero-order valence-electron chi connectivity index (χ0n) is 19.7. The number of aryl methyl sites for hydroxylation is 1. The molecule has 34 heavy (non-hydrogen) atoms. The molecule has 7 heteroatoms. The number of hydrogen-bond acceptors (Lipinski definition) is 3. The van der Waals surface area contributed by atoms with Crippen molar-refractivity contribution >= 4 is 35.0 Å². The minimum absolute atomic E-state index is 0.0206. The molecule has 0 aliphatic carbocycles. The molecule has 2 aromatic carbocycles. The van der Waals surface area contributed by atoms with E-state index < -0.39 is 0 Å². The van der Waals surface area contributed by atoms with Crippen LogP contribution in [0.2, 0.25) is 10.0 Å². The number of rotatable bonds is 6. The average Bonchev–Trinajstić information content (AvgIpc) is 2.85. The van der Waals surface area contributed by atoms with Crippen molar-refractivity contribution in [3.8, 4) is 5.75 Å². The minimum Gasteiger partial charge on any atom is -0.493 e. The molecule has 0 N–H and O–H groups in total. The van der Waals surface area contributed by atoms with Gasteiger partial charge in [-0.2, -0.15) is 0 Å². The fraction of sp³-hybridized carbons (Fsp3) is 0.481. The van der Waals surface area contributed by atoms with Gasteiger partial charge in [0.15, 0.2) is 0 Å². The van der Waals surface area contributed by atoms with E-state index >= 15 is 0 Å². The predicted molar refractivity (Wildman–Crippen MR) is 136 cm³/mol. The van der Waals surface area contributed by atoms with Crippen LogP contribution < -0.4 is 4.74 Å². The van der Waals surface area contributed by atoms with Gasteiger partial charge in [0.2, 0.25) is 5.91 Å². The highest BCUT2D eigenvalue weighted by Crippen LogP contribution is 2.37. The SMILES string of the molecule is Cc1cc(OCC2(CC(=O)N3CCCCC3)CCN(C(=O)c3cccc(Cl)c3)CC2)ccc1Cl. The first kappa shape index (κ1) is 24.9. The van der Waals surface area contributed by atoms with Gasteiger partial charge in [0.25, 0.3) is 5.91 Å². The average molecular weight is 503 g/mol. The van der Waals surface area contributed by atoms with Crippen LogP contribution in [0, 0.1) is 12.3 Å².